The lowest BCUT2D eigenvalue weighted by Gasteiger charge is -2.44. The number of piperidine rings is 1. The highest BCUT2D eigenvalue weighted by atomic mass is 19.1. The van der Waals surface area contributed by atoms with Crippen LogP contribution in [0.1, 0.15) is 56.1 Å². The van der Waals surface area contributed by atoms with E-state index in [-0.39, 0.29) is 29.6 Å². The van der Waals surface area contributed by atoms with E-state index in [9.17, 15) is 19.4 Å². The van der Waals surface area contributed by atoms with E-state index >= 15 is 0 Å². The van der Waals surface area contributed by atoms with Gasteiger partial charge in [0.2, 0.25) is 5.91 Å². The first-order valence-corrected chi connectivity index (χ1v) is 13.5. The first kappa shape index (κ1) is 27.7. The lowest BCUT2D eigenvalue weighted by atomic mass is 9.72. The van der Waals surface area contributed by atoms with Crippen molar-refractivity contribution in [2.75, 3.05) is 26.8 Å². The van der Waals surface area contributed by atoms with Gasteiger partial charge in [0, 0.05) is 44.7 Å². The molecule has 0 aromatic heterocycles. The maximum atomic E-state index is 14.5. The summed E-state index contributed by atoms with van der Waals surface area (Å²) in [5, 5.41) is 22.6. The Morgan fingerprint density at radius 1 is 1.22 bits per heavy atom. The number of hydrogen-bond acceptors (Lipinski definition) is 5. The number of ether oxygens (including phenoxy) is 1. The van der Waals surface area contributed by atoms with Crippen molar-refractivity contribution in [3.63, 3.8) is 0 Å². The van der Waals surface area contributed by atoms with Crippen molar-refractivity contribution >= 4 is 5.91 Å². The van der Waals surface area contributed by atoms with Gasteiger partial charge in [0.05, 0.1) is 11.7 Å². The van der Waals surface area contributed by atoms with Gasteiger partial charge >= 0.3 is 0 Å². The summed E-state index contributed by atoms with van der Waals surface area (Å²) in [7, 11) is 1.67. The lowest BCUT2D eigenvalue weighted by Crippen LogP contribution is -2.49. The van der Waals surface area contributed by atoms with Crippen LogP contribution in [0.2, 0.25) is 0 Å². The summed E-state index contributed by atoms with van der Waals surface area (Å²) in [5.74, 6) is -0.830. The monoisotopic (exact) mass is 512 g/mol. The molecule has 37 heavy (non-hydrogen) atoms. The molecule has 4 N–H and O–H groups in total. The Morgan fingerprint density at radius 3 is 2.73 bits per heavy atom. The zero-order valence-electron chi connectivity index (χ0n) is 22.0. The van der Waals surface area contributed by atoms with Crippen LogP contribution < -0.4 is 5.73 Å². The van der Waals surface area contributed by atoms with Crippen molar-refractivity contribution in [2.24, 2.45) is 17.6 Å². The van der Waals surface area contributed by atoms with E-state index in [4.69, 9.17) is 10.5 Å². The zero-order valence-corrected chi connectivity index (χ0v) is 22.0. The van der Waals surface area contributed by atoms with Gasteiger partial charge in [0.1, 0.15) is 5.82 Å². The van der Waals surface area contributed by atoms with Crippen molar-refractivity contribution < 1.29 is 24.1 Å². The quantitative estimate of drug-likeness (QED) is 0.439. The topological polar surface area (TPSA) is 96.0 Å². The third-order valence-corrected chi connectivity index (χ3v) is 8.27. The van der Waals surface area contributed by atoms with Crippen molar-refractivity contribution in [1.82, 2.24) is 4.90 Å². The Labute approximate surface area is 219 Å². The molecule has 2 aromatic carbocycles. The highest BCUT2D eigenvalue weighted by molar-refractivity contribution is 5.79. The number of rotatable bonds is 9. The summed E-state index contributed by atoms with van der Waals surface area (Å²) >= 11 is 0. The predicted octanol–water partition coefficient (Wildman–Crippen LogP) is 4.14. The van der Waals surface area contributed by atoms with Gasteiger partial charge in [-0.2, -0.15) is 0 Å². The lowest BCUT2D eigenvalue weighted by molar-refractivity contribution is -0.141. The molecule has 0 spiro atoms. The van der Waals surface area contributed by atoms with Crippen LogP contribution >= 0.6 is 0 Å². The van der Waals surface area contributed by atoms with Crippen LogP contribution in [0, 0.1) is 24.6 Å². The average molecular weight is 513 g/mol. The third-order valence-electron chi connectivity index (χ3n) is 8.27. The number of carbonyl (C=O) groups excluding carboxylic acids is 1. The molecule has 1 amide bonds. The van der Waals surface area contributed by atoms with E-state index in [1.54, 1.807) is 13.2 Å². The van der Waals surface area contributed by atoms with Gasteiger partial charge in [-0.3, -0.25) is 4.79 Å². The number of benzene rings is 2. The minimum Gasteiger partial charge on any atom is -0.391 e. The predicted molar refractivity (Wildman–Crippen MR) is 142 cm³/mol. The van der Waals surface area contributed by atoms with E-state index < -0.39 is 11.7 Å². The molecule has 5 atom stereocenters. The highest BCUT2D eigenvalue weighted by Crippen LogP contribution is 2.44. The van der Waals surface area contributed by atoms with Gasteiger partial charge in [-0.15, -0.1) is 0 Å². The Bertz CT molecular complexity index is 1070. The molecule has 4 rings (SSSR count). The summed E-state index contributed by atoms with van der Waals surface area (Å²) < 4.78 is 19.8. The first-order chi connectivity index (χ1) is 17.7. The number of aliphatic hydroxyl groups is 2. The van der Waals surface area contributed by atoms with Gasteiger partial charge in [0.25, 0.3) is 0 Å². The van der Waals surface area contributed by atoms with Gasteiger partial charge in [-0.1, -0.05) is 35.9 Å². The van der Waals surface area contributed by atoms with Crippen LogP contribution in [0.3, 0.4) is 0 Å². The number of aliphatic hydroxyl groups excluding tert-OH is 1. The second-order valence-corrected chi connectivity index (χ2v) is 11.0. The molecule has 2 aromatic rings. The van der Waals surface area contributed by atoms with Crippen molar-refractivity contribution in [3.8, 4) is 11.1 Å². The number of methoxy groups -OCH3 is 1. The fourth-order valence-corrected chi connectivity index (χ4v) is 6.22. The van der Waals surface area contributed by atoms with Gasteiger partial charge in [0.15, 0.2) is 0 Å². The molecular weight excluding hydrogens is 471 g/mol. The Morgan fingerprint density at radius 2 is 2.03 bits per heavy atom. The third kappa shape index (κ3) is 6.23. The Balaban J connectivity index is 1.67. The van der Waals surface area contributed by atoms with Crippen LogP contribution in [-0.4, -0.2) is 60.0 Å². The van der Waals surface area contributed by atoms with E-state index in [1.807, 2.05) is 36.1 Å². The molecule has 2 fully saturated rings. The van der Waals surface area contributed by atoms with Gasteiger partial charge < -0.3 is 25.6 Å². The van der Waals surface area contributed by atoms with Crippen LogP contribution in [0.25, 0.3) is 11.1 Å². The standard InChI is InChI=1S/C30H41FN2O4/c1-20-7-5-8-21(15-20)25-18-24(31)10-11-26(25)30(36,12-3-4-14-37-2)23-9-6-13-33(19-23)29(35)22-16-27(32)28(34)17-22/h5,7-8,10-11,15,18,22-23,27-28,34,36H,3-4,6,9,12-14,16-17,19,32H2,1-2H3/t22-,23?,27+,28-,30+/m0/s1. The number of nitrogens with two attached hydrogens (primary N) is 1. The van der Waals surface area contributed by atoms with Crippen LogP contribution in [0.4, 0.5) is 4.39 Å². The van der Waals surface area contributed by atoms with E-state index in [2.05, 4.69) is 0 Å². The minimum absolute atomic E-state index is 0.0106. The molecule has 1 aliphatic carbocycles. The van der Waals surface area contributed by atoms with E-state index in [0.717, 1.165) is 36.8 Å². The molecule has 1 aliphatic heterocycles. The molecule has 2 aliphatic rings. The highest BCUT2D eigenvalue weighted by Gasteiger charge is 2.44. The largest absolute Gasteiger partial charge is 0.391 e. The fourth-order valence-electron chi connectivity index (χ4n) is 6.22. The van der Waals surface area contributed by atoms with Gasteiger partial charge in [-0.05, 0) is 80.7 Å². The summed E-state index contributed by atoms with van der Waals surface area (Å²) in [6.07, 6.45) is 3.79. The molecular formula is C30H41FN2O4. The number of hydrogen-bond donors (Lipinski definition) is 3. The second kappa shape index (κ2) is 12.0. The van der Waals surface area contributed by atoms with Crippen molar-refractivity contribution in [3.05, 3.63) is 59.4 Å². The maximum absolute atomic E-state index is 14.5. The molecule has 1 unspecified atom stereocenters. The second-order valence-electron chi connectivity index (χ2n) is 11.0. The molecule has 1 saturated carbocycles. The van der Waals surface area contributed by atoms with E-state index in [0.29, 0.717) is 50.1 Å². The number of halogens is 1. The molecule has 202 valence electrons. The summed E-state index contributed by atoms with van der Waals surface area (Å²) in [6, 6.07) is 12.2. The SMILES string of the molecule is COCCCC[C@](O)(c1ccc(F)cc1-c1cccc(C)c1)C1CCCN(C(=O)[C@H]2C[C@@H](N)[C@@H](O)C2)C1. The smallest absolute Gasteiger partial charge is 0.225 e. The minimum atomic E-state index is -1.24. The normalized spacial score (nSPS) is 25.7. The fraction of sp³-hybridized carbons (Fsp3) is 0.567. The molecule has 1 saturated heterocycles. The molecule has 0 radical (unpaired) electrons. The van der Waals surface area contributed by atoms with Crippen molar-refractivity contribution in [1.29, 1.82) is 0 Å². The van der Waals surface area contributed by atoms with Crippen molar-refractivity contribution in [2.45, 2.75) is 69.6 Å². The number of unbranched alkanes of at least 4 members (excludes halogenated alkanes) is 1. The Kier molecular flexibility index (Phi) is 9.01. The summed E-state index contributed by atoms with van der Waals surface area (Å²) in [4.78, 5) is 15.2. The number of nitrogens with zero attached hydrogens (tertiary/aromatic N) is 1. The van der Waals surface area contributed by atoms with Crippen LogP contribution in [0.5, 0.6) is 0 Å². The summed E-state index contributed by atoms with van der Waals surface area (Å²) in [6.45, 7) is 3.65. The van der Waals surface area contributed by atoms with Crippen LogP contribution in [0.15, 0.2) is 42.5 Å². The molecule has 1 heterocycles. The molecule has 7 heteroatoms. The molecule has 6 nitrogen and oxygen atoms in total. The number of carbonyl (C=O) groups is 1. The van der Waals surface area contributed by atoms with Crippen LogP contribution in [-0.2, 0) is 15.1 Å². The maximum Gasteiger partial charge on any atom is 0.225 e. The number of likely N-dealkylation sites (tertiary alicyclic amines) is 1. The summed E-state index contributed by atoms with van der Waals surface area (Å²) in [5.41, 5.74) is 8.05. The molecule has 0 bridgehead atoms. The number of amides is 1. The average Bonchev–Trinajstić information content (AvgIpc) is 3.24. The first-order valence-electron chi connectivity index (χ1n) is 13.5. The Hall–Kier alpha value is -2.32. The number of aryl methyl sites for hydroxylation is 1. The van der Waals surface area contributed by atoms with Gasteiger partial charge in [-0.25, -0.2) is 4.39 Å². The zero-order chi connectivity index (χ0) is 26.6. The van der Waals surface area contributed by atoms with E-state index in [1.165, 1.54) is 12.1 Å².